The third-order valence-corrected chi connectivity index (χ3v) is 6.95. The molecule has 0 aliphatic carbocycles. The molecule has 5 heteroatoms. The van der Waals surface area contributed by atoms with Gasteiger partial charge in [-0.05, 0) is 47.5 Å². The predicted molar refractivity (Wildman–Crippen MR) is 139 cm³/mol. The van der Waals surface area contributed by atoms with Gasteiger partial charge in [-0.3, -0.25) is 9.69 Å². The highest BCUT2D eigenvalue weighted by atomic mass is 32.2. The molecule has 1 aliphatic rings. The Hall–Kier alpha value is -3.57. The van der Waals surface area contributed by atoms with Gasteiger partial charge in [-0.1, -0.05) is 73.7 Å². The lowest BCUT2D eigenvalue weighted by Crippen LogP contribution is -2.23. The Balaban J connectivity index is 1.51. The van der Waals surface area contributed by atoms with Crippen LogP contribution in [0.15, 0.2) is 95.0 Å². The van der Waals surface area contributed by atoms with E-state index in [0.29, 0.717) is 10.1 Å². The van der Waals surface area contributed by atoms with Gasteiger partial charge in [-0.15, -0.1) is 0 Å². The zero-order valence-electron chi connectivity index (χ0n) is 18.7. The number of thioether (sulfide) groups is 1. The summed E-state index contributed by atoms with van der Waals surface area (Å²) in [6.45, 7) is 2.90. The third kappa shape index (κ3) is 4.24. The Labute approximate surface area is 198 Å². The molecule has 164 valence electrons. The summed E-state index contributed by atoms with van der Waals surface area (Å²) in [5.41, 5.74) is 5.53. The molecule has 0 atom stereocenters. The number of hydrogen-bond acceptors (Lipinski definition) is 3. The van der Waals surface area contributed by atoms with Gasteiger partial charge in [0.05, 0.1) is 10.6 Å². The number of rotatable bonds is 5. The van der Waals surface area contributed by atoms with E-state index in [-0.39, 0.29) is 5.91 Å². The van der Waals surface area contributed by atoms with Gasteiger partial charge in [0, 0.05) is 36.3 Å². The summed E-state index contributed by atoms with van der Waals surface area (Å²) < 4.78 is 2.25. The molecule has 0 spiro atoms. The number of carbonyl (C=O) groups excluding carboxylic acids is 1. The van der Waals surface area contributed by atoms with E-state index >= 15 is 0 Å². The molecule has 0 radical (unpaired) electrons. The van der Waals surface area contributed by atoms with E-state index in [1.807, 2.05) is 36.4 Å². The number of nitrogens with zero attached hydrogens (tertiary/aromatic N) is 3. The number of aliphatic imine (C=N–C) groups is 1. The van der Waals surface area contributed by atoms with Gasteiger partial charge < -0.3 is 4.57 Å². The maximum Gasteiger partial charge on any atom is 0.266 e. The summed E-state index contributed by atoms with van der Waals surface area (Å²) in [4.78, 5) is 20.2. The van der Waals surface area contributed by atoms with E-state index in [1.54, 1.807) is 11.9 Å². The number of fused-ring (bicyclic) bond motifs is 1. The van der Waals surface area contributed by atoms with Crippen LogP contribution in [0.5, 0.6) is 0 Å². The molecule has 1 saturated heterocycles. The molecule has 5 rings (SSSR count). The first kappa shape index (κ1) is 21.3. The van der Waals surface area contributed by atoms with E-state index in [0.717, 1.165) is 35.1 Å². The maximum absolute atomic E-state index is 13.0. The van der Waals surface area contributed by atoms with Crippen LogP contribution in [0.4, 0.5) is 5.69 Å². The zero-order valence-corrected chi connectivity index (χ0v) is 19.5. The van der Waals surface area contributed by atoms with Crippen LogP contribution < -0.4 is 0 Å². The summed E-state index contributed by atoms with van der Waals surface area (Å²) in [6.07, 6.45) is 5.04. The van der Waals surface area contributed by atoms with Crippen molar-refractivity contribution in [2.45, 2.75) is 19.9 Å². The number of carbonyl (C=O) groups is 1. The standard InChI is InChI=1S/C28H25N3OS/c1-3-21-13-7-9-15-24(21)29-28-30(2)27(32)26(33-28)17-22-19-31(18-20-11-5-4-6-12-20)25-16-10-8-14-23(22)25/h4-17,19H,3,18H2,1-2H3/b26-17+,29-28?. The van der Waals surface area contributed by atoms with Crippen molar-refractivity contribution in [3.8, 4) is 0 Å². The molecule has 0 N–H and O–H groups in total. The smallest absolute Gasteiger partial charge is 0.266 e. The molecule has 33 heavy (non-hydrogen) atoms. The second-order valence-corrected chi connectivity index (χ2v) is 9.08. The molecule has 0 unspecified atom stereocenters. The van der Waals surface area contributed by atoms with E-state index in [4.69, 9.17) is 4.99 Å². The average Bonchev–Trinajstić information content (AvgIpc) is 3.32. The SMILES string of the molecule is CCc1ccccc1N=C1S/C(=C/c2cn(Cc3ccccc3)c3ccccc23)C(=O)N1C. The van der Waals surface area contributed by atoms with Gasteiger partial charge in [0.2, 0.25) is 0 Å². The highest BCUT2D eigenvalue weighted by molar-refractivity contribution is 8.18. The summed E-state index contributed by atoms with van der Waals surface area (Å²) in [5.74, 6) is -0.0207. The topological polar surface area (TPSA) is 37.6 Å². The van der Waals surface area contributed by atoms with Crippen molar-refractivity contribution in [3.63, 3.8) is 0 Å². The molecule has 0 saturated carbocycles. The van der Waals surface area contributed by atoms with Crippen LogP contribution in [0.3, 0.4) is 0 Å². The fourth-order valence-corrected chi connectivity index (χ4v) is 5.09. The monoisotopic (exact) mass is 451 g/mol. The van der Waals surface area contributed by atoms with E-state index in [2.05, 4.69) is 66.2 Å². The molecule has 4 aromatic rings. The van der Waals surface area contributed by atoms with Gasteiger partial charge in [-0.25, -0.2) is 4.99 Å². The van der Waals surface area contributed by atoms with Crippen LogP contribution in [-0.4, -0.2) is 27.6 Å². The molecule has 1 amide bonds. The van der Waals surface area contributed by atoms with Crippen molar-refractivity contribution >= 4 is 45.5 Å². The second-order valence-electron chi connectivity index (χ2n) is 8.07. The number of hydrogen-bond donors (Lipinski definition) is 0. The molecule has 1 aromatic heterocycles. The Morgan fingerprint density at radius 1 is 0.939 bits per heavy atom. The second kappa shape index (κ2) is 9.12. The number of amides is 1. The highest BCUT2D eigenvalue weighted by Crippen LogP contribution is 2.35. The van der Waals surface area contributed by atoms with Crippen LogP contribution in [0, 0.1) is 0 Å². The Kier molecular flexibility index (Phi) is 5.88. The summed E-state index contributed by atoms with van der Waals surface area (Å²) >= 11 is 1.44. The van der Waals surface area contributed by atoms with Crippen molar-refractivity contribution in [1.29, 1.82) is 0 Å². The van der Waals surface area contributed by atoms with E-state index < -0.39 is 0 Å². The molecule has 0 bridgehead atoms. The van der Waals surface area contributed by atoms with Crippen molar-refractivity contribution in [3.05, 3.63) is 107 Å². The number of benzene rings is 3. The molecule has 1 fully saturated rings. The van der Waals surface area contributed by atoms with Crippen LogP contribution in [0.2, 0.25) is 0 Å². The first-order valence-electron chi connectivity index (χ1n) is 11.1. The normalized spacial score (nSPS) is 16.4. The maximum atomic E-state index is 13.0. The van der Waals surface area contributed by atoms with Crippen LogP contribution in [0.1, 0.15) is 23.6 Å². The molecule has 3 aromatic carbocycles. The van der Waals surface area contributed by atoms with Crippen LogP contribution in [-0.2, 0) is 17.8 Å². The number of aromatic nitrogens is 1. The fourth-order valence-electron chi connectivity index (χ4n) is 4.12. The average molecular weight is 452 g/mol. The third-order valence-electron chi connectivity index (χ3n) is 5.89. The molecule has 1 aliphatic heterocycles. The van der Waals surface area contributed by atoms with E-state index in [1.165, 1.54) is 22.9 Å². The van der Waals surface area contributed by atoms with Gasteiger partial charge in [-0.2, -0.15) is 0 Å². The van der Waals surface area contributed by atoms with Crippen LogP contribution in [0.25, 0.3) is 17.0 Å². The first-order chi connectivity index (χ1) is 16.1. The molecular formula is C28H25N3OS. The quantitative estimate of drug-likeness (QED) is 0.325. The van der Waals surface area contributed by atoms with Gasteiger partial charge in [0.15, 0.2) is 5.17 Å². The lowest BCUT2D eigenvalue weighted by atomic mass is 10.1. The van der Waals surface area contributed by atoms with Crippen LogP contribution >= 0.6 is 11.8 Å². The van der Waals surface area contributed by atoms with Gasteiger partial charge in [0.1, 0.15) is 0 Å². The summed E-state index contributed by atoms with van der Waals surface area (Å²) in [5, 5.41) is 1.85. The van der Waals surface area contributed by atoms with Gasteiger partial charge in [0.25, 0.3) is 5.91 Å². The van der Waals surface area contributed by atoms with Crippen molar-refractivity contribution < 1.29 is 4.79 Å². The van der Waals surface area contributed by atoms with E-state index in [9.17, 15) is 4.79 Å². The number of likely N-dealkylation sites (N-methyl/N-ethyl adjacent to an activating group) is 1. The summed E-state index contributed by atoms with van der Waals surface area (Å²) in [6, 6.07) is 26.9. The first-order valence-corrected chi connectivity index (χ1v) is 11.9. The highest BCUT2D eigenvalue weighted by Gasteiger charge is 2.30. The van der Waals surface area contributed by atoms with Crippen molar-refractivity contribution in [1.82, 2.24) is 9.47 Å². The number of aryl methyl sites for hydroxylation is 1. The zero-order chi connectivity index (χ0) is 22.8. The minimum Gasteiger partial charge on any atom is -0.342 e. The Morgan fingerprint density at radius 3 is 2.48 bits per heavy atom. The lowest BCUT2D eigenvalue weighted by Gasteiger charge is -2.08. The lowest BCUT2D eigenvalue weighted by molar-refractivity contribution is -0.121. The molecular weight excluding hydrogens is 426 g/mol. The largest absolute Gasteiger partial charge is 0.342 e. The number of para-hydroxylation sites is 2. The Morgan fingerprint density at radius 2 is 1.67 bits per heavy atom. The minimum absolute atomic E-state index is 0.0207. The summed E-state index contributed by atoms with van der Waals surface area (Å²) in [7, 11) is 1.79. The minimum atomic E-state index is -0.0207. The molecule has 4 nitrogen and oxygen atoms in total. The van der Waals surface area contributed by atoms with Gasteiger partial charge >= 0.3 is 0 Å². The number of amidine groups is 1. The Bertz CT molecular complexity index is 1380. The molecule has 2 heterocycles. The van der Waals surface area contributed by atoms with Crippen molar-refractivity contribution in [2.24, 2.45) is 4.99 Å². The van der Waals surface area contributed by atoms with Crippen molar-refractivity contribution in [2.75, 3.05) is 7.05 Å². The predicted octanol–water partition coefficient (Wildman–Crippen LogP) is 6.49. The fraction of sp³-hybridized carbons (Fsp3) is 0.143.